The van der Waals surface area contributed by atoms with Gasteiger partial charge in [0.25, 0.3) is 10.0 Å². The number of piperidine rings is 1. The summed E-state index contributed by atoms with van der Waals surface area (Å²) in [7, 11) is -3.13. The summed E-state index contributed by atoms with van der Waals surface area (Å²) in [6.45, 7) is 4.10. The highest BCUT2D eigenvalue weighted by Crippen LogP contribution is 2.35. The third-order valence-corrected chi connectivity index (χ3v) is 7.56. The van der Waals surface area contributed by atoms with Crippen LogP contribution in [0, 0.1) is 12.8 Å². The Hall–Kier alpha value is -2.75. The van der Waals surface area contributed by atoms with Crippen LogP contribution in [-0.4, -0.2) is 46.0 Å². The summed E-state index contributed by atoms with van der Waals surface area (Å²) in [5.74, 6) is 0.0280. The number of aryl methyl sites for hydroxylation is 1. The molecule has 10 heteroatoms. The Bertz CT molecular complexity index is 1110. The van der Waals surface area contributed by atoms with Crippen molar-refractivity contribution in [3.05, 3.63) is 53.6 Å². The van der Waals surface area contributed by atoms with Crippen LogP contribution in [0.25, 0.3) is 0 Å². The van der Waals surface area contributed by atoms with Crippen LogP contribution in [-0.2, 0) is 21.0 Å². The first-order valence-corrected chi connectivity index (χ1v) is 12.0. The van der Waals surface area contributed by atoms with Gasteiger partial charge in [0.1, 0.15) is 17.2 Å². The normalized spacial score (nSPS) is 15.4. The first-order chi connectivity index (χ1) is 15.4. The molecule has 0 radical (unpaired) electrons. The summed E-state index contributed by atoms with van der Waals surface area (Å²) in [4.78, 5) is 14.4. The summed E-state index contributed by atoms with van der Waals surface area (Å²) in [6.07, 6.45) is -3.10. The lowest BCUT2D eigenvalue weighted by Crippen LogP contribution is -2.45. The van der Waals surface area contributed by atoms with E-state index < -0.39 is 34.2 Å². The third kappa shape index (κ3) is 5.61. The number of amides is 1. The lowest BCUT2D eigenvalue weighted by Gasteiger charge is -2.33. The summed E-state index contributed by atoms with van der Waals surface area (Å²) < 4.78 is 73.4. The largest absolute Gasteiger partial charge is 0.495 e. The van der Waals surface area contributed by atoms with E-state index >= 15 is 0 Å². The molecule has 1 saturated heterocycles. The lowest BCUT2D eigenvalue weighted by molar-refractivity contribution is -0.137. The molecular formula is C23H27F3N2O4S. The number of alkyl halides is 3. The van der Waals surface area contributed by atoms with Crippen LogP contribution in [0.3, 0.4) is 0 Å². The molecule has 0 aromatic heterocycles. The van der Waals surface area contributed by atoms with Crippen LogP contribution in [0.1, 0.15) is 30.9 Å². The molecule has 0 aliphatic carbocycles. The first-order valence-electron chi connectivity index (χ1n) is 10.6. The van der Waals surface area contributed by atoms with Crippen LogP contribution < -0.4 is 9.04 Å². The molecule has 180 valence electrons. The first kappa shape index (κ1) is 24.9. The molecule has 1 aliphatic heterocycles. The smallest absolute Gasteiger partial charge is 0.416 e. The van der Waals surface area contributed by atoms with E-state index in [1.165, 1.54) is 25.3 Å². The molecular weight excluding hydrogens is 457 g/mol. The maximum atomic E-state index is 13.7. The van der Waals surface area contributed by atoms with E-state index in [2.05, 4.69) is 6.92 Å². The van der Waals surface area contributed by atoms with Crippen molar-refractivity contribution in [2.75, 3.05) is 31.0 Å². The molecule has 33 heavy (non-hydrogen) atoms. The topological polar surface area (TPSA) is 66.9 Å². The standard InChI is InChI=1S/C23H27F3N2O4S/c1-16-9-11-27(12-10-16)22(29)15-28(19-6-4-5-18(14-19)23(24,25)26)33(30,31)21-13-17(2)7-8-20(21)32-3/h4-8,13-14,16H,9-12,15H2,1-3H3. The van der Waals surface area contributed by atoms with Gasteiger partial charge in [0.05, 0.1) is 18.4 Å². The second-order valence-corrected chi connectivity index (χ2v) is 10.1. The highest BCUT2D eigenvalue weighted by Gasteiger charge is 2.35. The molecule has 0 spiro atoms. The molecule has 0 unspecified atom stereocenters. The highest BCUT2D eigenvalue weighted by molar-refractivity contribution is 7.93. The van der Waals surface area contributed by atoms with E-state index in [9.17, 15) is 26.4 Å². The number of benzene rings is 2. The van der Waals surface area contributed by atoms with E-state index in [0.717, 1.165) is 35.3 Å². The van der Waals surface area contributed by atoms with Gasteiger partial charge in [0.2, 0.25) is 5.91 Å². The van der Waals surface area contributed by atoms with Crippen LogP contribution >= 0.6 is 0 Å². The fourth-order valence-electron chi connectivity index (χ4n) is 3.74. The molecule has 3 rings (SSSR count). The summed E-state index contributed by atoms with van der Waals surface area (Å²) in [5.41, 5.74) is -0.627. The maximum Gasteiger partial charge on any atom is 0.416 e. The van der Waals surface area contributed by atoms with Gasteiger partial charge in [0.15, 0.2) is 0 Å². The predicted molar refractivity (Wildman–Crippen MR) is 119 cm³/mol. The summed E-state index contributed by atoms with van der Waals surface area (Å²) in [6, 6.07) is 8.48. The molecule has 1 amide bonds. The van der Waals surface area contributed by atoms with Gasteiger partial charge in [-0.25, -0.2) is 8.42 Å². The van der Waals surface area contributed by atoms with Gasteiger partial charge in [-0.05, 0) is 61.6 Å². The zero-order valence-electron chi connectivity index (χ0n) is 18.7. The molecule has 0 saturated carbocycles. The van der Waals surface area contributed by atoms with Crippen molar-refractivity contribution in [3.63, 3.8) is 0 Å². The van der Waals surface area contributed by atoms with Crippen molar-refractivity contribution in [2.45, 2.75) is 37.8 Å². The van der Waals surface area contributed by atoms with Crippen molar-refractivity contribution in [2.24, 2.45) is 5.92 Å². The van der Waals surface area contributed by atoms with Crippen LogP contribution in [0.4, 0.5) is 18.9 Å². The van der Waals surface area contributed by atoms with Gasteiger partial charge in [-0.1, -0.05) is 19.1 Å². The Kier molecular flexibility index (Phi) is 7.26. The second kappa shape index (κ2) is 9.62. The highest BCUT2D eigenvalue weighted by atomic mass is 32.2. The number of halogens is 3. The molecule has 0 bridgehead atoms. The van der Waals surface area contributed by atoms with E-state index in [4.69, 9.17) is 4.74 Å². The van der Waals surface area contributed by atoms with Gasteiger partial charge in [-0.3, -0.25) is 9.10 Å². The number of ether oxygens (including phenoxy) is 1. The zero-order chi connectivity index (χ0) is 24.4. The Labute approximate surface area is 192 Å². The van der Waals surface area contributed by atoms with Gasteiger partial charge in [0, 0.05) is 13.1 Å². The van der Waals surface area contributed by atoms with E-state index in [1.54, 1.807) is 17.9 Å². The second-order valence-electron chi connectivity index (χ2n) is 8.28. The number of hydrogen-bond donors (Lipinski definition) is 0. The number of sulfonamides is 1. The molecule has 6 nitrogen and oxygen atoms in total. The van der Waals surface area contributed by atoms with Crippen molar-refractivity contribution >= 4 is 21.6 Å². The molecule has 1 fully saturated rings. The Balaban J connectivity index is 2.08. The summed E-state index contributed by atoms with van der Waals surface area (Å²) >= 11 is 0. The van der Waals surface area contributed by atoms with Crippen molar-refractivity contribution in [1.82, 2.24) is 4.90 Å². The fourth-order valence-corrected chi connectivity index (χ4v) is 5.39. The van der Waals surface area contributed by atoms with Gasteiger partial charge in [-0.15, -0.1) is 0 Å². The molecule has 0 N–H and O–H groups in total. The van der Waals surface area contributed by atoms with Crippen molar-refractivity contribution < 1.29 is 31.1 Å². The lowest BCUT2D eigenvalue weighted by atomic mass is 9.99. The van der Waals surface area contributed by atoms with Gasteiger partial charge >= 0.3 is 6.18 Å². The van der Waals surface area contributed by atoms with Gasteiger partial charge in [-0.2, -0.15) is 13.2 Å². The third-order valence-electron chi connectivity index (χ3n) is 5.76. The molecule has 2 aromatic carbocycles. The maximum absolute atomic E-state index is 13.7. The molecule has 2 aromatic rings. The SMILES string of the molecule is COc1ccc(C)cc1S(=O)(=O)N(CC(=O)N1CCC(C)CC1)c1cccc(C(F)(F)F)c1. The number of carbonyl (C=O) groups is 1. The minimum Gasteiger partial charge on any atom is -0.495 e. The number of likely N-dealkylation sites (tertiary alicyclic amines) is 1. The number of carbonyl (C=O) groups excluding carboxylic acids is 1. The quantitative estimate of drug-likeness (QED) is 0.607. The van der Waals surface area contributed by atoms with Crippen LogP contribution in [0.5, 0.6) is 5.75 Å². The van der Waals surface area contributed by atoms with Crippen LogP contribution in [0.15, 0.2) is 47.4 Å². The number of rotatable bonds is 6. The number of methoxy groups -OCH3 is 1. The van der Waals surface area contributed by atoms with Crippen molar-refractivity contribution in [3.8, 4) is 5.75 Å². The molecule has 1 aliphatic rings. The van der Waals surface area contributed by atoms with Gasteiger partial charge < -0.3 is 9.64 Å². The monoisotopic (exact) mass is 484 g/mol. The van der Waals surface area contributed by atoms with Crippen LogP contribution in [0.2, 0.25) is 0 Å². The molecule has 0 atom stereocenters. The Morgan fingerprint density at radius 3 is 2.42 bits per heavy atom. The Morgan fingerprint density at radius 2 is 1.82 bits per heavy atom. The predicted octanol–water partition coefficient (Wildman–Crippen LogP) is 4.48. The summed E-state index contributed by atoms with van der Waals surface area (Å²) in [5, 5.41) is 0. The van der Waals surface area contributed by atoms with Crippen molar-refractivity contribution in [1.29, 1.82) is 0 Å². The minimum atomic E-state index is -4.67. The van der Waals surface area contributed by atoms with E-state index in [1.807, 2.05) is 0 Å². The molecule has 1 heterocycles. The average molecular weight is 485 g/mol. The number of anilines is 1. The number of nitrogens with zero attached hydrogens (tertiary/aromatic N) is 2. The fraction of sp³-hybridized carbons (Fsp3) is 0.435. The number of hydrogen-bond acceptors (Lipinski definition) is 4. The van der Waals surface area contributed by atoms with E-state index in [-0.39, 0.29) is 16.3 Å². The van der Waals surface area contributed by atoms with E-state index in [0.29, 0.717) is 24.6 Å². The Morgan fingerprint density at radius 1 is 1.15 bits per heavy atom. The average Bonchev–Trinajstić information content (AvgIpc) is 2.77. The minimum absolute atomic E-state index is 0.0387. The zero-order valence-corrected chi connectivity index (χ0v) is 19.5.